The summed E-state index contributed by atoms with van der Waals surface area (Å²) in [6.07, 6.45) is 3.26. The Morgan fingerprint density at radius 1 is 1.63 bits per heavy atom. The number of aromatic nitrogens is 2. The summed E-state index contributed by atoms with van der Waals surface area (Å²) in [5.41, 5.74) is -0.0721. The Bertz CT molecular complexity index is 443. The fourth-order valence-corrected chi connectivity index (χ4v) is 2.27. The summed E-state index contributed by atoms with van der Waals surface area (Å²) in [7, 11) is 1.81. The molecule has 1 heterocycles. The maximum atomic E-state index is 11.0. The van der Waals surface area contributed by atoms with Gasteiger partial charge < -0.3 is 10.2 Å². The van der Waals surface area contributed by atoms with Crippen LogP contribution in [0.15, 0.2) is 6.20 Å². The van der Waals surface area contributed by atoms with Crippen molar-refractivity contribution in [3.63, 3.8) is 0 Å². The van der Waals surface area contributed by atoms with Gasteiger partial charge in [0.1, 0.15) is 6.20 Å². The molecule has 8 heteroatoms. The molecule has 1 rings (SSSR count). The van der Waals surface area contributed by atoms with Gasteiger partial charge in [0, 0.05) is 25.4 Å². The van der Waals surface area contributed by atoms with Gasteiger partial charge in [0.15, 0.2) is 0 Å². The van der Waals surface area contributed by atoms with Crippen LogP contribution in [0, 0.1) is 10.1 Å². The smallest absolute Gasteiger partial charge is 0.329 e. The highest BCUT2D eigenvalue weighted by atomic mass is 32.2. The van der Waals surface area contributed by atoms with E-state index in [1.165, 1.54) is 6.20 Å². The van der Waals surface area contributed by atoms with E-state index in [1.54, 1.807) is 11.8 Å². The van der Waals surface area contributed by atoms with Crippen LogP contribution in [0.4, 0.5) is 17.5 Å². The van der Waals surface area contributed by atoms with E-state index in [4.69, 9.17) is 0 Å². The highest BCUT2D eigenvalue weighted by Gasteiger charge is 2.23. The Balaban J connectivity index is 3.12. The van der Waals surface area contributed by atoms with Crippen molar-refractivity contribution in [2.75, 3.05) is 35.8 Å². The SMILES string of the molecule is CCNc1ncc([N+](=O)[O-])c(N(C)C(C)CSC)n1. The van der Waals surface area contributed by atoms with Crippen molar-refractivity contribution >= 4 is 29.2 Å². The summed E-state index contributed by atoms with van der Waals surface area (Å²) in [4.78, 5) is 20.6. The molecule has 1 N–H and O–H groups in total. The number of thioether (sulfide) groups is 1. The first kappa shape index (κ1) is 15.5. The molecule has 0 bridgehead atoms. The summed E-state index contributed by atoms with van der Waals surface area (Å²) in [5.74, 6) is 1.62. The number of anilines is 2. The first-order valence-corrected chi connectivity index (χ1v) is 7.37. The predicted molar refractivity (Wildman–Crippen MR) is 79.1 cm³/mol. The number of nitrogens with one attached hydrogen (secondary N) is 1. The van der Waals surface area contributed by atoms with Gasteiger partial charge in [-0.3, -0.25) is 10.1 Å². The predicted octanol–water partition coefficient (Wildman–Crippen LogP) is 2.00. The maximum absolute atomic E-state index is 11.0. The van der Waals surface area contributed by atoms with Crippen LogP contribution in [0.25, 0.3) is 0 Å². The van der Waals surface area contributed by atoms with E-state index < -0.39 is 4.92 Å². The molecule has 1 unspecified atom stereocenters. The molecular formula is C11H19N5O2S. The molecule has 0 fully saturated rings. The summed E-state index contributed by atoms with van der Waals surface area (Å²) in [6, 6.07) is 0.151. The Morgan fingerprint density at radius 2 is 2.32 bits per heavy atom. The minimum Gasteiger partial charge on any atom is -0.354 e. The normalized spacial score (nSPS) is 12.0. The first-order chi connectivity index (χ1) is 9.01. The zero-order valence-corrected chi connectivity index (χ0v) is 12.4. The van der Waals surface area contributed by atoms with Crippen molar-refractivity contribution in [3.8, 4) is 0 Å². The lowest BCUT2D eigenvalue weighted by Gasteiger charge is -2.25. The summed E-state index contributed by atoms with van der Waals surface area (Å²) < 4.78 is 0. The Hall–Kier alpha value is -1.57. The van der Waals surface area contributed by atoms with E-state index in [9.17, 15) is 10.1 Å². The van der Waals surface area contributed by atoms with Crippen LogP contribution in [0.3, 0.4) is 0 Å². The zero-order valence-electron chi connectivity index (χ0n) is 11.6. The highest BCUT2D eigenvalue weighted by Crippen LogP contribution is 2.27. The van der Waals surface area contributed by atoms with Crippen LogP contribution >= 0.6 is 11.8 Å². The lowest BCUT2D eigenvalue weighted by Crippen LogP contribution is -2.32. The average molecular weight is 285 g/mol. The standard InChI is InChI=1S/C11H19N5O2S/c1-5-12-11-13-6-9(16(17)18)10(14-11)15(3)8(2)7-19-4/h6,8H,5,7H2,1-4H3,(H,12,13,14). The third-order valence-electron chi connectivity index (χ3n) is 2.68. The fourth-order valence-electron chi connectivity index (χ4n) is 1.56. The van der Waals surface area contributed by atoms with E-state index in [0.29, 0.717) is 18.3 Å². The molecule has 0 aliphatic rings. The Kier molecular flexibility index (Phi) is 5.81. The summed E-state index contributed by atoms with van der Waals surface area (Å²) in [5, 5.41) is 14.0. The van der Waals surface area contributed by atoms with E-state index in [-0.39, 0.29) is 11.7 Å². The molecule has 7 nitrogen and oxygen atoms in total. The molecule has 0 aliphatic carbocycles. The van der Waals surface area contributed by atoms with Crippen LogP contribution in [-0.2, 0) is 0 Å². The van der Waals surface area contributed by atoms with E-state index in [1.807, 2.05) is 32.1 Å². The quantitative estimate of drug-likeness (QED) is 0.606. The minimum atomic E-state index is -0.451. The number of nitro groups is 1. The van der Waals surface area contributed by atoms with Crippen LogP contribution in [0.2, 0.25) is 0 Å². The van der Waals surface area contributed by atoms with Gasteiger partial charge in [0.2, 0.25) is 11.8 Å². The molecule has 0 amide bonds. The van der Waals surface area contributed by atoms with Crippen molar-refractivity contribution in [1.82, 2.24) is 9.97 Å². The first-order valence-electron chi connectivity index (χ1n) is 5.98. The average Bonchev–Trinajstić information content (AvgIpc) is 2.38. The summed E-state index contributed by atoms with van der Waals surface area (Å²) in [6.45, 7) is 4.60. The molecule has 0 saturated carbocycles. The molecule has 106 valence electrons. The second kappa shape index (κ2) is 7.13. The monoisotopic (exact) mass is 285 g/mol. The van der Waals surface area contributed by atoms with Gasteiger partial charge in [0.25, 0.3) is 0 Å². The van der Waals surface area contributed by atoms with E-state index >= 15 is 0 Å². The second-order valence-corrected chi connectivity index (χ2v) is 5.02. The van der Waals surface area contributed by atoms with Crippen molar-refractivity contribution in [2.45, 2.75) is 19.9 Å². The van der Waals surface area contributed by atoms with E-state index in [2.05, 4.69) is 15.3 Å². The highest BCUT2D eigenvalue weighted by molar-refractivity contribution is 7.98. The van der Waals surface area contributed by atoms with Gasteiger partial charge in [0.05, 0.1) is 4.92 Å². The largest absolute Gasteiger partial charge is 0.354 e. The molecule has 1 aromatic rings. The van der Waals surface area contributed by atoms with Crippen LogP contribution in [-0.4, -0.2) is 46.5 Å². The number of nitrogens with zero attached hydrogens (tertiary/aromatic N) is 4. The molecule has 0 spiro atoms. The van der Waals surface area contributed by atoms with Crippen LogP contribution in [0.5, 0.6) is 0 Å². The Morgan fingerprint density at radius 3 is 2.84 bits per heavy atom. The second-order valence-electron chi connectivity index (χ2n) is 4.11. The van der Waals surface area contributed by atoms with E-state index in [0.717, 1.165) is 5.75 Å². The molecule has 0 aromatic carbocycles. The van der Waals surface area contributed by atoms with Gasteiger partial charge in [-0.1, -0.05) is 0 Å². The van der Waals surface area contributed by atoms with Crippen molar-refractivity contribution < 1.29 is 4.92 Å². The summed E-state index contributed by atoms with van der Waals surface area (Å²) >= 11 is 1.69. The van der Waals surface area contributed by atoms with Crippen molar-refractivity contribution in [3.05, 3.63) is 16.3 Å². The minimum absolute atomic E-state index is 0.0721. The maximum Gasteiger partial charge on any atom is 0.329 e. The number of hydrogen-bond acceptors (Lipinski definition) is 7. The van der Waals surface area contributed by atoms with Crippen LogP contribution in [0.1, 0.15) is 13.8 Å². The molecule has 0 aliphatic heterocycles. The fraction of sp³-hybridized carbons (Fsp3) is 0.636. The van der Waals surface area contributed by atoms with Crippen LogP contribution < -0.4 is 10.2 Å². The third kappa shape index (κ3) is 3.95. The molecule has 0 saturated heterocycles. The molecular weight excluding hydrogens is 266 g/mol. The van der Waals surface area contributed by atoms with Crippen molar-refractivity contribution in [2.24, 2.45) is 0 Å². The number of hydrogen-bond donors (Lipinski definition) is 1. The molecule has 1 aromatic heterocycles. The molecule has 19 heavy (non-hydrogen) atoms. The zero-order chi connectivity index (χ0) is 14.4. The molecule has 0 radical (unpaired) electrons. The van der Waals surface area contributed by atoms with Crippen molar-refractivity contribution in [1.29, 1.82) is 0 Å². The molecule has 1 atom stereocenters. The number of rotatable bonds is 7. The lowest BCUT2D eigenvalue weighted by atomic mass is 10.3. The Labute approximate surface area is 117 Å². The third-order valence-corrected chi connectivity index (χ3v) is 3.50. The van der Waals surface area contributed by atoms with Gasteiger partial charge >= 0.3 is 5.69 Å². The lowest BCUT2D eigenvalue weighted by molar-refractivity contribution is -0.384. The van der Waals surface area contributed by atoms with Gasteiger partial charge in [-0.15, -0.1) is 0 Å². The van der Waals surface area contributed by atoms with Gasteiger partial charge in [-0.2, -0.15) is 16.7 Å². The van der Waals surface area contributed by atoms with Gasteiger partial charge in [-0.25, -0.2) is 4.98 Å². The topological polar surface area (TPSA) is 84.2 Å². The van der Waals surface area contributed by atoms with Gasteiger partial charge in [-0.05, 0) is 20.1 Å².